The molecule has 1 amide bonds. The van der Waals surface area contributed by atoms with Crippen LogP contribution < -0.4 is 0 Å². The van der Waals surface area contributed by atoms with Gasteiger partial charge in [0.15, 0.2) is 0 Å². The Morgan fingerprint density at radius 1 is 1.55 bits per heavy atom. The average Bonchev–Trinajstić information content (AvgIpc) is 2.07. The van der Waals surface area contributed by atoms with Crippen molar-refractivity contribution in [1.82, 2.24) is 4.90 Å². The average molecular weight is 154 g/mol. The summed E-state index contributed by atoms with van der Waals surface area (Å²) in [5, 5.41) is 0. The Hall–Kier alpha value is -0.830. The Kier molecular flexibility index (Phi) is 3.11. The van der Waals surface area contributed by atoms with Gasteiger partial charge in [-0.05, 0) is 13.0 Å². The molecule has 3 nitrogen and oxygen atoms in total. The number of nitrogens with zero attached hydrogens (tertiary/aromatic N) is 1. The van der Waals surface area contributed by atoms with Gasteiger partial charge in [-0.1, -0.05) is 0 Å². The summed E-state index contributed by atoms with van der Waals surface area (Å²) in [6.07, 6.45) is 4.17. The summed E-state index contributed by atoms with van der Waals surface area (Å²) in [5.74, 6) is 0.0378. The molecule has 1 rings (SSSR count). The molecule has 0 atom stereocenters. The maximum absolute atomic E-state index is 11.2. The molecular weight excluding hydrogens is 142 g/mol. The van der Waals surface area contributed by atoms with Crippen LogP contribution in [0.25, 0.3) is 0 Å². The zero-order valence-corrected chi connectivity index (χ0v) is 6.67. The van der Waals surface area contributed by atoms with Crippen LogP contribution in [0.15, 0.2) is 6.08 Å². The van der Waals surface area contributed by atoms with E-state index in [-0.39, 0.29) is 5.91 Å². The molecule has 0 aromatic heterocycles. The Morgan fingerprint density at radius 3 is 2.73 bits per heavy atom. The van der Waals surface area contributed by atoms with Crippen LogP contribution in [0.2, 0.25) is 0 Å². The molecule has 0 spiro atoms. The van der Waals surface area contributed by atoms with Crippen LogP contribution in [-0.2, 0) is 9.53 Å². The van der Waals surface area contributed by atoms with E-state index >= 15 is 0 Å². The van der Waals surface area contributed by atoms with Gasteiger partial charge < -0.3 is 9.64 Å². The van der Waals surface area contributed by atoms with E-state index in [1.807, 2.05) is 0 Å². The molecule has 1 heterocycles. The molecule has 0 aromatic rings. The molecule has 0 unspecified atom stereocenters. The van der Waals surface area contributed by atoms with Gasteiger partial charge >= 0.3 is 0 Å². The quantitative estimate of drug-likeness (QED) is 0.506. The van der Waals surface area contributed by atoms with E-state index in [9.17, 15) is 4.79 Å². The van der Waals surface area contributed by atoms with Crippen LogP contribution >= 0.6 is 0 Å². The van der Waals surface area contributed by atoms with Crippen LogP contribution in [0, 0.1) is 6.08 Å². The van der Waals surface area contributed by atoms with Gasteiger partial charge in [0.1, 0.15) is 0 Å². The SMILES string of the molecule is C/[C]=C\C(=O)N1CCOCC1. The fourth-order valence-corrected chi connectivity index (χ4v) is 0.999. The summed E-state index contributed by atoms with van der Waals surface area (Å²) in [5.41, 5.74) is 0. The predicted octanol–water partition coefficient (Wildman–Crippen LogP) is 0.224. The number of rotatable bonds is 1. The van der Waals surface area contributed by atoms with Gasteiger partial charge in [0.25, 0.3) is 0 Å². The number of hydrogen-bond acceptors (Lipinski definition) is 2. The molecule has 1 saturated heterocycles. The zero-order valence-electron chi connectivity index (χ0n) is 6.67. The minimum absolute atomic E-state index is 0.0378. The lowest BCUT2D eigenvalue weighted by molar-refractivity contribution is -0.130. The normalized spacial score (nSPS) is 19.2. The van der Waals surface area contributed by atoms with Crippen molar-refractivity contribution in [3.05, 3.63) is 12.2 Å². The van der Waals surface area contributed by atoms with Crippen LogP contribution in [0.3, 0.4) is 0 Å². The fourth-order valence-electron chi connectivity index (χ4n) is 0.999. The Bertz CT molecular complexity index is 159. The molecule has 0 aromatic carbocycles. The lowest BCUT2D eigenvalue weighted by atomic mass is 10.4. The number of carbonyl (C=O) groups excluding carboxylic acids is 1. The lowest BCUT2D eigenvalue weighted by Gasteiger charge is -2.25. The molecule has 1 aliphatic rings. The minimum atomic E-state index is 0.0378. The molecule has 1 fully saturated rings. The van der Waals surface area contributed by atoms with E-state index in [4.69, 9.17) is 4.74 Å². The number of ether oxygens (including phenoxy) is 1. The van der Waals surface area contributed by atoms with Gasteiger partial charge in [0, 0.05) is 19.2 Å². The number of carbonyl (C=O) groups is 1. The third-order valence-corrected chi connectivity index (χ3v) is 1.59. The minimum Gasteiger partial charge on any atom is -0.378 e. The first-order chi connectivity index (χ1) is 5.34. The maximum atomic E-state index is 11.2. The first-order valence-corrected chi connectivity index (χ1v) is 3.71. The second-order valence-corrected chi connectivity index (χ2v) is 2.37. The van der Waals surface area contributed by atoms with Gasteiger partial charge in [-0.15, -0.1) is 0 Å². The molecular formula is C8H12NO2. The maximum Gasteiger partial charge on any atom is 0.246 e. The van der Waals surface area contributed by atoms with Crippen molar-refractivity contribution < 1.29 is 9.53 Å². The van der Waals surface area contributed by atoms with Crippen molar-refractivity contribution >= 4 is 5.91 Å². The number of allylic oxidation sites excluding steroid dienone is 1. The monoisotopic (exact) mass is 154 g/mol. The predicted molar refractivity (Wildman–Crippen MR) is 40.9 cm³/mol. The van der Waals surface area contributed by atoms with Crippen LogP contribution in [0.5, 0.6) is 0 Å². The van der Waals surface area contributed by atoms with Gasteiger partial charge in [-0.3, -0.25) is 4.79 Å². The molecule has 0 aliphatic carbocycles. The molecule has 1 radical (unpaired) electrons. The summed E-state index contributed by atoms with van der Waals surface area (Å²) >= 11 is 0. The highest BCUT2D eigenvalue weighted by Gasteiger charge is 2.13. The van der Waals surface area contributed by atoms with Gasteiger partial charge in [0.05, 0.1) is 13.2 Å². The van der Waals surface area contributed by atoms with Gasteiger partial charge in [0.2, 0.25) is 5.91 Å². The molecule has 11 heavy (non-hydrogen) atoms. The molecule has 0 saturated carbocycles. The van der Waals surface area contributed by atoms with E-state index in [1.54, 1.807) is 11.8 Å². The van der Waals surface area contributed by atoms with Crippen LogP contribution in [-0.4, -0.2) is 37.1 Å². The second kappa shape index (κ2) is 4.13. The molecule has 61 valence electrons. The highest BCUT2D eigenvalue weighted by molar-refractivity contribution is 5.87. The van der Waals surface area contributed by atoms with Crippen LogP contribution in [0.4, 0.5) is 0 Å². The number of morpholine rings is 1. The number of amides is 1. The topological polar surface area (TPSA) is 29.5 Å². The van der Waals surface area contributed by atoms with Crippen molar-refractivity contribution in [2.75, 3.05) is 26.3 Å². The summed E-state index contributed by atoms with van der Waals surface area (Å²) < 4.78 is 5.10. The third-order valence-electron chi connectivity index (χ3n) is 1.59. The Morgan fingerprint density at radius 2 is 2.18 bits per heavy atom. The van der Waals surface area contributed by atoms with Crippen molar-refractivity contribution in [3.63, 3.8) is 0 Å². The van der Waals surface area contributed by atoms with E-state index in [0.29, 0.717) is 26.3 Å². The summed E-state index contributed by atoms with van der Waals surface area (Å²) in [6.45, 7) is 4.44. The van der Waals surface area contributed by atoms with E-state index in [1.165, 1.54) is 6.08 Å². The molecule has 3 heteroatoms. The van der Waals surface area contributed by atoms with Crippen molar-refractivity contribution in [2.24, 2.45) is 0 Å². The van der Waals surface area contributed by atoms with Gasteiger partial charge in [-0.25, -0.2) is 0 Å². The summed E-state index contributed by atoms with van der Waals surface area (Å²) in [6, 6.07) is 0. The largest absolute Gasteiger partial charge is 0.378 e. The van der Waals surface area contributed by atoms with E-state index in [2.05, 4.69) is 6.08 Å². The lowest BCUT2D eigenvalue weighted by Crippen LogP contribution is -2.39. The second-order valence-electron chi connectivity index (χ2n) is 2.37. The summed E-state index contributed by atoms with van der Waals surface area (Å²) in [4.78, 5) is 12.9. The summed E-state index contributed by atoms with van der Waals surface area (Å²) in [7, 11) is 0. The zero-order chi connectivity index (χ0) is 8.10. The fraction of sp³-hybridized carbons (Fsp3) is 0.625. The standard InChI is InChI=1S/C8H12NO2/c1-2-3-8(10)9-4-6-11-7-5-9/h3H,4-7H2,1H3. The highest BCUT2D eigenvalue weighted by Crippen LogP contribution is 1.97. The van der Waals surface area contributed by atoms with Crippen LogP contribution in [0.1, 0.15) is 6.92 Å². The first-order valence-electron chi connectivity index (χ1n) is 3.71. The molecule has 0 bridgehead atoms. The van der Waals surface area contributed by atoms with E-state index < -0.39 is 0 Å². The highest BCUT2D eigenvalue weighted by atomic mass is 16.5. The molecule has 0 N–H and O–H groups in total. The number of hydrogen-bond donors (Lipinski definition) is 0. The Labute approximate surface area is 66.6 Å². The first kappa shape index (κ1) is 8.27. The smallest absolute Gasteiger partial charge is 0.246 e. The van der Waals surface area contributed by atoms with Crippen molar-refractivity contribution in [1.29, 1.82) is 0 Å². The van der Waals surface area contributed by atoms with Gasteiger partial charge in [-0.2, -0.15) is 0 Å². The third kappa shape index (κ3) is 2.35. The van der Waals surface area contributed by atoms with E-state index in [0.717, 1.165) is 0 Å². The molecule has 1 aliphatic heterocycles. The van der Waals surface area contributed by atoms with Crippen molar-refractivity contribution in [3.8, 4) is 0 Å². The Balaban J connectivity index is 2.38. The van der Waals surface area contributed by atoms with Crippen molar-refractivity contribution in [2.45, 2.75) is 6.92 Å².